The van der Waals surface area contributed by atoms with E-state index in [2.05, 4.69) is 9.35 Å². The topological polar surface area (TPSA) is 98.6 Å². The summed E-state index contributed by atoms with van der Waals surface area (Å²) in [6.45, 7) is 0. The second-order valence-corrected chi connectivity index (χ2v) is 6.87. The Hall–Kier alpha value is -2.74. The van der Waals surface area contributed by atoms with Crippen molar-refractivity contribution in [3.05, 3.63) is 58.6 Å². The van der Waals surface area contributed by atoms with Crippen molar-refractivity contribution in [1.29, 1.82) is 0 Å². The Labute approximate surface area is 125 Å². The summed E-state index contributed by atoms with van der Waals surface area (Å²) in [5, 5.41) is 10.7. The summed E-state index contributed by atoms with van der Waals surface area (Å²) in [4.78, 5) is 14.8. The second-order valence-electron chi connectivity index (χ2n) is 4.61. The predicted molar refractivity (Wildman–Crippen MR) is 81.5 cm³/mol. The van der Waals surface area contributed by atoms with Gasteiger partial charge in [0.05, 0.1) is 14.7 Å². The minimum atomic E-state index is -2.70. The van der Waals surface area contributed by atoms with Crippen LogP contribution in [0.2, 0.25) is 0 Å². The van der Waals surface area contributed by atoms with E-state index < -0.39 is 14.7 Å². The van der Waals surface area contributed by atoms with Gasteiger partial charge in [0.15, 0.2) is 5.58 Å². The zero-order valence-electron chi connectivity index (χ0n) is 11.5. The standard InChI is InChI=1S/C14H11N3O4S/c1-22(20,11-5-3-2-4-6-11)16-14-15-12-9-10(17(18)19)7-8-13(12)21-14/h2-9H,1H3. The van der Waals surface area contributed by atoms with E-state index in [1.54, 1.807) is 24.3 Å². The number of benzene rings is 2. The number of hydrogen-bond donors (Lipinski definition) is 0. The first-order valence-corrected chi connectivity index (χ1v) is 8.20. The van der Waals surface area contributed by atoms with Gasteiger partial charge in [0, 0.05) is 23.3 Å². The number of hydrogen-bond acceptors (Lipinski definition) is 6. The largest absolute Gasteiger partial charge is 0.422 e. The molecular formula is C14H11N3O4S. The zero-order chi connectivity index (χ0) is 15.7. The van der Waals surface area contributed by atoms with Crippen molar-refractivity contribution in [2.24, 2.45) is 4.36 Å². The van der Waals surface area contributed by atoms with Crippen molar-refractivity contribution in [3.63, 3.8) is 0 Å². The average molecular weight is 317 g/mol. The molecule has 0 aliphatic carbocycles. The molecule has 1 heterocycles. The number of nitro groups is 1. The highest BCUT2D eigenvalue weighted by atomic mass is 32.2. The zero-order valence-corrected chi connectivity index (χ0v) is 12.3. The first-order chi connectivity index (χ1) is 10.5. The van der Waals surface area contributed by atoms with Gasteiger partial charge in [-0.25, -0.2) is 4.21 Å². The molecular weight excluding hydrogens is 306 g/mol. The molecule has 7 nitrogen and oxygen atoms in total. The Bertz CT molecular complexity index is 972. The summed E-state index contributed by atoms with van der Waals surface area (Å²) in [5.74, 6) is 0. The summed E-state index contributed by atoms with van der Waals surface area (Å²) in [5.41, 5.74) is 0.566. The highest BCUT2D eigenvalue weighted by Crippen LogP contribution is 2.26. The van der Waals surface area contributed by atoms with Crippen LogP contribution in [0.15, 0.2) is 62.2 Å². The fourth-order valence-electron chi connectivity index (χ4n) is 1.93. The van der Waals surface area contributed by atoms with E-state index in [9.17, 15) is 14.3 Å². The van der Waals surface area contributed by atoms with Crippen LogP contribution in [0.3, 0.4) is 0 Å². The Kier molecular flexibility index (Phi) is 3.38. The molecule has 0 radical (unpaired) electrons. The third-order valence-electron chi connectivity index (χ3n) is 3.00. The monoisotopic (exact) mass is 317 g/mol. The summed E-state index contributed by atoms with van der Waals surface area (Å²) in [6, 6.07) is 12.8. The first kappa shape index (κ1) is 14.2. The fourth-order valence-corrected chi connectivity index (χ4v) is 3.07. The van der Waals surface area contributed by atoms with Gasteiger partial charge in [0.2, 0.25) is 0 Å². The molecule has 0 N–H and O–H groups in total. The molecule has 0 saturated carbocycles. The molecule has 3 rings (SSSR count). The lowest BCUT2D eigenvalue weighted by molar-refractivity contribution is -0.384. The first-order valence-electron chi connectivity index (χ1n) is 6.28. The SMILES string of the molecule is CS(=O)(=Nc1nc2cc([N+](=O)[O-])ccc2o1)c1ccccc1. The molecule has 0 aliphatic heterocycles. The third-order valence-corrected chi connectivity index (χ3v) is 4.65. The van der Waals surface area contributed by atoms with E-state index >= 15 is 0 Å². The molecule has 0 amide bonds. The number of non-ortho nitro benzene ring substituents is 1. The van der Waals surface area contributed by atoms with Crippen LogP contribution in [0, 0.1) is 10.1 Å². The van der Waals surface area contributed by atoms with Gasteiger partial charge in [0.25, 0.3) is 5.69 Å². The maximum atomic E-state index is 12.6. The average Bonchev–Trinajstić information content (AvgIpc) is 2.88. The molecule has 0 saturated heterocycles. The van der Waals surface area contributed by atoms with E-state index in [1.807, 2.05) is 6.07 Å². The molecule has 0 bridgehead atoms. The number of nitro benzene ring substituents is 1. The molecule has 1 atom stereocenters. The van der Waals surface area contributed by atoms with E-state index in [0.29, 0.717) is 16.0 Å². The van der Waals surface area contributed by atoms with Gasteiger partial charge >= 0.3 is 6.01 Å². The maximum Gasteiger partial charge on any atom is 0.331 e. The normalized spacial score (nSPS) is 13.7. The maximum absolute atomic E-state index is 12.6. The van der Waals surface area contributed by atoms with Crippen LogP contribution in [0.1, 0.15) is 0 Å². The molecule has 1 aromatic heterocycles. The summed E-state index contributed by atoms with van der Waals surface area (Å²) >= 11 is 0. The van der Waals surface area contributed by atoms with Gasteiger partial charge in [-0.3, -0.25) is 10.1 Å². The highest BCUT2D eigenvalue weighted by molar-refractivity contribution is 7.93. The number of aromatic nitrogens is 1. The van der Waals surface area contributed by atoms with Gasteiger partial charge < -0.3 is 4.42 Å². The fraction of sp³-hybridized carbons (Fsp3) is 0.0714. The Morgan fingerprint density at radius 3 is 2.64 bits per heavy atom. The Morgan fingerprint density at radius 1 is 1.23 bits per heavy atom. The van der Waals surface area contributed by atoms with Gasteiger partial charge in [-0.1, -0.05) is 18.2 Å². The minimum absolute atomic E-state index is 0.0631. The van der Waals surface area contributed by atoms with Crippen molar-refractivity contribution >= 4 is 32.5 Å². The second kappa shape index (κ2) is 5.23. The lowest BCUT2D eigenvalue weighted by Gasteiger charge is -2.01. The Morgan fingerprint density at radius 2 is 1.95 bits per heavy atom. The molecule has 112 valence electrons. The van der Waals surface area contributed by atoms with Gasteiger partial charge in [-0.2, -0.15) is 4.98 Å². The van der Waals surface area contributed by atoms with Crippen LogP contribution in [0.4, 0.5) is 11.7 Å². The lowest BCUT2D eigenvalue weighted by Crippen LogP contribution is -1.96. The predicted octanol–water partition coefficient (Wildman–Crippen LogP) is 3.52. The smallest absolute Gasteiger partial charge is 0.331 e. The molecule has 3 aromatic rings. The van der Waals surface area contributed by atoms with Crippen LogP contribution in [0.5, 0.6) is 0 Å². The lowest BCUT2D eigenvalue weighted by atomic mass is 10.3. The van der Waals surface area contributed by atoms with Crippen LogP contribution in [0.25, 0.3) is 11.1 Å². The van der Waals surface area contributed by atoms with E-state index in [1.165, 1.54) is 24.5 Å². The number of oxazole rings is 1. The van der Waals surface area contributed by atoms with Crippen LogP contribution >= 0.6 is 0 Å². The van der Waals surface area contributed by atoms with Gasteiger partial charge in [0.1, 0.15) is 5.52 Å². The molecule has 0 spiro atoms. The van der Waals surface area contributed by atoms with E-state index in [0.717, 1.165) is 0 Å². The van der Waals surface area contributed by atoms with Crippen LogP contribution in [-0.2, 0) is 9.73 Å². The van der Waals surface area contributed by atoms with E-state index in [4.69, 9.17) is 4.42 Å². The van der Waals surface area contributed by atoms with Crippen molar-refractivity contribution in [2.45, 2.75) is 4.90 Å². The number of nitrogens with zero attached hydrogens (tertiary/aromatic N) is 3. The quantitative estimate of drug-likeness (QED) is 0.543. The van der Waals surface area contributed by atoms with Crippen molar-refractivity contribution in [1.82, 2.24) is 4.98 Å². The molecule has 22 heavy (non-hydrogen) atoms. The minimum Gasteiger partial charge on any atom is -0.422 e. The molecule has 2 aromatic carbocycles. The highest BCUT2D eigenvalue weighted by Gasteiger charge is 2.13. The molecule has 1 unspecified atom stereocenters. The summed E-state index contributed by atoms with van der Waals surface area (Å²) < 4.78 is 22.1. The molecule has 0 fully saturated rings. The summed E-state index contributed by atoms with van der Waals surface area (Å²) in [6.07, 6.45) is 1.49. The van der Waals surface area contributed by atoms with Gasteiger partial charge in [-0.05, 0) is 18.2 Å². The number of rotatable bonds is 3. The van der Waals surface area contributed by atoms with Crippen LogP contribution in [-0.4, -0.2) is 20.4 Å². The van der Waals surface area contributed by atoms with E-state index in [-0.39, 0.29) is 11.7 Å². The van der Waals surface area contributed by atoms with Crippen LogP contribution < -0.4 is 0 Å². The van der Waals surface area contributed by atoms with Gasteiger partial charge in [-0.15, -0.1) is 4.36 Å². The number of fused-ring (bicyclic) bond motifs is 1. The molecule has 0 aliphatic rings. The molecule has 8 heteroatoms. The third kappa shape index (κ3) is 2.68. The Balaban J connectivity index is 2.09. The summed E-state index contributed by atoms with van der Waals surface area (Å²) in [7, 11) is -2.70. The van der Waals surface area contributed by atoms with Crippen molar-refractivity contribution < 1.29 is 13.5 Å². The van der Waals surface area contributed by atoms with Crippen molar-refractivity contribution in [3.8, 4) is 0 Å². The van der Waals surface area contributed by atoms with Crippen molar-refractivity contribution in [2.75, 3.05) is 6.26 Å².